The smallest absolute Gasteiger partial charge is 0.220 e. The van der Waals surface area contributed by atoms with Crippen molar-refractivity contribution in [2.75, 3.05) is 0 Å². The molecule has 0 aliphatic rings. The normalized spacial score (nSPS) is 11.4. The van der Waals surface area contributed by atoms with Crippen molar-refractivity contribution in [3.8, 4) is 107 Å². The molecule has 6 nitrogen and oxygen atoms in total. The molecule has 0 atom stereocenters. The van der Waals surface area contributed by atoms with Gasteiger partial charge in [0.05, 0.1) is 27.8 Å². The molecule has 0 fully saturated rings. The predicted molar refractivity (Wildman–Crippen MR) is 312 cm³/mol. The molecule has 14 aromatic rings. The van der Waals surface area contributed by atoms with Crippen LogP contribution in [0.2, 0.25) is 0 Å². The van der Waals surface area contributed by atoms with Gasteiger partial charge in [-0.1, -0.05) is 243 Å². The van der Waals surface area contributed by atoms with Gasteiger partial charge in [-0.05, 0) is 92.0 Å². The summed E-state index contributed by atoms with van der Waals surface area (Å²) in [5, 5.41) is 0. The fourth-order valence-electron chi connectivity index (χ4n) is 10.6. The molecule has 0 bridgehead atoms. The van der Waals surface area contributed by atoms with Gasteiger partial charge in [-0.3, -0.25) is 8.97 Å². The Labute approximate surface area is 440 Å². The molecule has 0 spiro atoms. The fraction of sp³-hybridized carbons (Fsp3) is 0. The topological polar surface area (TPSA) is 60.9 Å². The van der Waals surface area contributed by atoms with E-state index in [9.17, 15) is 0 Å². The van der Waals surface area contributed by atoms with Crippen LogP contribution in [0.1, 0.15) is 0 Å². The van der Waals surface area contributed by atoms with Crippen LogP contribution >= 0.6 is 0 Å². The summed E-state index contributed by atoms with van der Waals surface area (Å²) in [6, 6.07) is 98.3. The molecule has 3 aromatic heterocycles. The zero-order valence-electron chi connectivity index (χ0n) is 41.2. The first kappa shape index (κ1) is 44.4. The van der Waals surface area contributed by atoms with Crippen LogP contribution in [-0.4, -0.2) is 28.9 Å². The Balaban J connectivity index is 1.03. The Morgan fingerprint density at radius 1 is 0.224 bits per heavy atom. The second kappa shape index (κ2) is 19.0. The van der Waals surface area contributed by atoms with Crippen LogP contribution < -0.4 is 0 Å². The molecule has 3 heterocycles. The molecular formula is C70H46N6. The third-order valence-corrected chi connectivity index (χ3v) is 14.4. The average Bonchev–Trinajstić information content (AvgIpc) is 4.04. The number of imidazole rings is 2. The van der Waals surface area contributed by atoms with Crippen molar-refractivity contribution in [1.29, 1.82) is 0 Å². The zero-order chi connectivity index (χ0) is 50.4. The van der Waals surface area contributed by atoms with Crippen LogP contribution in [0.15, 0.2) is 279 Å². The van der Waals surface area contributed by atoms with E-state index in [0.29, 0.717) is 17.5 Å². The number of fused-ring (bicyclic) bond motifs is 5. The van der Waals surface area contributed by atoms with E-state index in [1.807, 2.05) is 12.1 Å². The van der Waals surface area contributed by atoms with Crippen LogP contribution in [-0.2, 0) is 0 Å². The van der Waals surface area contributed by atoms with E-state index in [4.69, 9.17) is 19.9 Å². The van der Waals surface area contributed by atoms with Crippen LogP contribution in [0.25, 0.3) is 134 Å². The van der Waals surface area contributed by atoms with E-state index in [1.54, 1.807) is 0 Å². The summed E-state index contributed by atoms with van der Waals surface area (Å²) in [5.74, 6) is 2.55. The SMILES string of the molecule is c1ccc(-c2ccc(-c3nc(-c4ccc(-c5ccccc5)cc4)nc(-c4cc(-c5ccccc5)c(-n5c6ccc(-c7ccccc7)cc6n6c7cc(-c8ccccc8)ccc7nc56)c(-c5ccccc5)c4)n3)cc2)cc1. The van der Waals surface area contributed by atoms with Crippen molar-refractivity contribution in [2.24, 2.45) is 0 Å². The second-order valence-electron chi connectivity index (χ2n) is 19.1. The minimum atomic E-state index is 0.565. The molecule has 6 heteroatoms. The number of benzene rings is 11. The highest BCUT2D eigenvalue weighted by Crippen LogP contribution is 2.44. The first-order chi connectivity index (χ1) is 37.7. The third-order valence-electron chi connectivity index (χ3n) is 14.4. The van der Waals surface area contributed by atoms with Crippen molar-refractivity contribution < 1.29 is 0 Å². The van der Waals surface area contributed by atoms with Crippen LogP contribution in [0.4, 0.5) is 0 Å². The molecular weight excluding hydrogens is 925 g/mol. The van der Waals surface area contributed by atoms with Gasteiger partial charge in [-0.2, -0.15) is 0 Å². The quantitative estimate of drug-likeness (QED) is 0.137. The fourth-order valence-corrected chi connectivity index (χ4v) is 10.6. The minimum absolute atomic E-state index is 0.565. The third kappa shape index (κ3) is 8.11. The lowest BCUT2D eigenvalue weighted by Gasteiger charge is -2.20. The Kier molecular flexibility index (Phi) is 11.1. The van der Waals surface area contributed by atoms with Crippen molar-refractivity contribution in [3.05, 3.63) is 279 Å². The molecule has 356 valence electrons. The first-order valence-electron chi connectivity index (χ1n) is 25.6. The van der Waals surface area contributed by atoms with Gasteiger partial charge >= 0.3 is 0 Å². The van der Waals surface area contributed by atoms with Gasteiger partial charge in [0.15, 0.2) is 17.5 Å². The number of hydrogen-bond acceptors (Lipinski definition) is 4. The van der Waals surface area contributed by atoms with Crippen LogP contribution in [0.3, 0.4) is 0 Å². The molecule has 0 aliphatic carbocycles. The van der Waals surface area contributed by atoms with E-state index in [-0.39, 0.29) is 0 Å². The molecule has 0 amide bonds. The number of hydrogen-bond donors (Lipinski definition) is 0. The molecule has 0 unspecified atom stereocenters. The van der Waals surface area contributed by atoms with E-state index < -0.39 is 0 Å². The Bertz CT molecular complexity index is 4220. The molecule has 0 saturated carbocycles. The maximum Gasteiger partial charge on any atom is 0.220 e. The summed E-state index contributed by atoms with van der Waals surface area (Å²) in [5.41, 5.74) is 20.8. The summed E-state index contributed by atoms with van der Waals surface area (Å²) < 4.78 is 4.71. The highest BCUT2D eigenvalue weighted by atomic mass is 15.2. The van der Waals surface area contributed by atoms with Crippen molar-refractivity contribution >= 4 is 27.8 Å². The monoisotopic (exact) mass is 970 g/mol. The lowest BCUT2D eigenvalue weighted by molar-refractivity contribution is 1.07. The van der Waals surface area contributed by atoms with Gasteiger partial charge in [0.2, 0.25) is 5.78 Å². The largest absolute Gasteiger partial charge is 0.277 e. The Morgan fingerprint density at radius 3 is 0.987 bits per heavy atom. The minimum Gasteiger partial charge on any atom is -0.277 e. The van der Waals surface area contributed by atoms with E-state index >= 15 is 0 Å². The first-order valence-corrected chi connectivity index (χ1v) is 25.6. The molecule has 14 rings (SSSR count). The maximum absolute atomic E-state index is 5.55. The maximum atomic E-state index is 5.55. The Hall–Kier alpha value is -10.3. The predicted octanol–water partition coefficient (Wildman–Crippen LogP) is 17.6. The molecule has 0 saturated heterocycles. The highest BCUT2D eigenvalue weighted by Gasteiger charge is 2.26. The van der Waals surface area contributed by atoms with Gasteiger partial charge < -0.3 is 0 Å². The van der Waals surface area contributed by atoms with Gasteiger partial charge in [-0.15, -0.1) is 0 Å². The molecule has 0 radical (unpaired) electrons. The zero-order valence-corrected chi connectivity index (χ0v) is 41.2. The standard InChI is InChI=1S/C70H46N6/c1-7-19-47(20-8-1)51-31-35-55(36-32-51)67-72-68(56-37-33-52(34-38-56)48-21-9-2-10-22-48)74-69(73-67)59-43-60(53-27-15-5-16-28-53)66(61(44-59)54-29-17-6-18-30-54)76-63-42-40-58(50-25-13-4-14-26-50)46-65(63)75-64-45-57(49-23-11-3-12-24-49)39-41-62(64)71-70(75)76/h1-46H. The van der Waals surface area contributed by atoms with Gasteiger partial charge in [0.25, 0.3) is 0 Å². The summed E-state index contributed by atoms with van der Waals surface area (Å²) >= 11 is 0. The number of nitrogens with zero attached hydrogens (tertiary/aromatic N) is 6. The van der Waals surface area contributed by atoms with Crippen molar-refractivity contribution in [2.45, 2.75) is 0 Å². The summed E-state index contributed by atoms with van der Waals surface area (Å²) in [6.45, 7) is 0. The van der Waals surface area contributed by atoms with Crippen LogP contribution in [0, 0.1) is 0 Å². The lowest BCUT2D eigenvalue weighted by atomic mass is 9.92. The van der Waals surface area contributed by atoms with Crippen molar-refractivity contribution in [1.82, 2.24) is 28.9 Å². The number of rotatable bonds is 10. The second-order valence-corrected chi connectivity index (χ2v) is 19.1. The Morgan fingerprint density at radius 2 is 0.553 bits per heavy atom. The van der Waals surface area contributed by atoms with Gasteiger partial charge in [0, 0.05) is 27.8 Å². The van der Waals surface area contributed by atoms with Gasteiger partial charge in [0.1, 0.15) is 0 Å². The summed E-state index contributed by atoms with van der Waals surface area (Å²) in [7, 11) is 0. The van der Waals surface area contributed by atoms with Crippen molar-refractivity contribution in [3.63, 3.8) is 0 Å². The van der Waals surface area contributed by atoms with E-state index in [2.05, 4.69) is 276 Å². The molecule has 11 aromatic carbocycles. The molecule has 0 N–H and O–H groups in total. The summed E-state index contributed by atoms with van der Waals surface area (Å²) in [6.07, 6.45) is 0. The summed E-state index contributed by atoms with van der Waals surface area (Å²) in [4.78, 5) is 21.5. The van der Waals surface area contributed by atoms with E-state index in [0.717, 1.165) is 117 Å². The van der Waals surface area contributed by atoms with Gasteiger partial charge in [-0.25, -0.2) is 19.9 Å². The number of aromatic nitrogens is 6. The lowest BCUT2D eigenvalue weighted by Crippen LogP contribution is -2.04. The molecule has 0 aliphatic heterocycles. The molecule has 76 heavy (non-hydrogen) atoms. The average molecular weight is 971 g/mol. The van der Waals surface area contributed by atoms with E-state index in [1.165, 1.54) is 0 Å². The highest BCUT2D eigenvalue weighted by molar-refractivity contribution is 5.99. The van der Waals surface area contributed by atoms with Crippen LogP contribution in [0.5, 0.6) is 0 Å².